The molecule has 0 aliphatic rings. The maximum absolute atomic E-state index is 4.71. The Morgan fingerprint density at radius 1 is 1.24 bits per heavy atom. The second-order valence-corrected chi connectivity index (χ2v) is 5.22. The van der Waals surface area contributed by atoms with Gasteiger partial charge in [-0.1, -0.05) is 12.1 Å². The van der Waals surface area contributed by atoms with Crippen LogP contribution < -0.4 is 5.32 Å². The predicted octanol–water partition coefficient (Wildman–Crippen LogP) is 2.35. The van der Waals surface area contributed by atoms with Crippen LogP contribution in [0.5, 0.6) is 0 Å². The molecule has 5 nitrogen and oxygen atoms in total. The zero-order valence-electron chi connectivity index (χ0n) is 12.6. The van der Waals surface area contributed by atoms with Gasteiger partial charge in [-0.2, -0.15) is 5.10 Å². The third-order valence-electron chi connectivity index (χ3n) is 3.61. The van der Waals surface area contributed by atoms with Gasteiger partial charge in [-0.3, -0.25) is 4.68 Å². The molecule has 0 radical (unpaired) electrons. The lowest BCUT2D eigenvalue weighted by Gasteiger charge is -2.07. The van der Waals surface area contributed by atoms with Crippen LogP contribution in [0, 0.1) is 6.92 Å². The zero-order chi connectivity index (χ0) is 14.7. The fraction of sp³-hybridized carbons (Fsp3) is 0.375. The van der Waals surface area contributed by atoms with Crippen molar-refractivity contribution in [2.45, 2.75) is 33.5 Å². The summed E-state index contributed by atoms with van der Waals surface area (Å²) in [6.07, 6.45) is 3.94. The number of para-hydroxylation sites is 2. The molecule has 0 aliphatic heterocycles. The number of fused-ring (bicyclic) bond motifs is 1. The molecule has 0 aliphatic carbocycles. The number of hydrogen-bond donors (Lipinski definition) is 1. The highest BCUT2D eigenvalue weighted by atomic mass is 15.3. The molecule has 0 saturated carbocycles. The molecule has 0 spiro atoms. The summed E-state index contributed by atoms with van der Waals surface area (Å²) in [5.74, 6) is 1.09. The second-order valence-electron chi connectivity index (χ2n) is 5.22. The number of nitrogens with zero attached hydrogens (tertiary/aromatic N) is 4. The summed E-state index contributed by atoms with van der Waals surface area (Å²) in [6.45, 7) is 7.69. The van der Waals surface area contributed by atoms with E-state index in [1.54, 1.807) is 0 Å². The van der Waals surface area contributed by atoms with Gasteiger partial charge < -0.3 is 9.88 Å². The lowest BCUT2D eigenvalue weighted by Crippen LogP contribution is -2.21. The van der Waals surface area contributed by atoms with Gasteiger partial charge in [0.1, 0.15) is 5.82 Å². The van der Waals surface area contributed by atoms with Gasteiger partial charge >= 0.3 is 0 Å². The molecular formula is C16H21N5. The Labute approximate surface area is 124 Å². The third-order valence-corrected chi connectivity index (χ3v) is 3.61. The van der Waals surface area contributed by atoms with Gasteiger partial charge in [0.25, 0.3) is 0 Å². The van der Waals surface area contributed by atoms with E-state index < -0.39 is 0 Å². The summed E-state index contributed by atoms with van der Waals surface area (Å²) in [4.78, 5) is 4.71. The lowest BCUT2D eigenvalue weighted by atomic mass is 10.3. The van der Waals surface area contributed by atoms with Gasteiger partial charge in [0.15, 0.2) is 0 Å². The number of aromatic nitrogens is 4. The van der Waals surface area contributed by atoms with E-state index in [0.29, 0.717) is 0 Å². The van der Waals surface area contributed by atoms with Crippen molar-refractivity contribution in [1.29, 1.82) is 0 Å². The van der Waals surface area contributed by atoms with Crippen LogP contribution >= 0.6 is 0 Å². The van der Waals surface area contributed by atoms with Crippen LogP contribution in [0.25, 0.3) is 11.0 Å². The Morgan fingerprint density at radius 2 is 2.10 bits per heavy atom. The molecule has 0 amide bonds. The first-order valence-corrected chi connectivity index (χ1v) is 7.42. The monoisotopic (exact) mass is 283 g/mol. The molecule has 0 atom stereocenters. The topological polar surface area (TPSA) is 47.7 Å². The normalized spacial score (nSPS) is 11.3. The average Bonchev–Trinajstić information content (AvgIpc) is 3.06. The second kappa shape index (κ2) is 6.10. The summed E-state index contributed by atoms with van der Waals surface area (Å²) >= 11 is 0. The highest BCUT2D eigenvalue weighted by Gasteiger charge is 2.08. The average molecular weight is 283 g/mol. The number of hydrogen-bond acceptors (Lipinski definition) is 3. The van der Waals surface area contributed by atoms with Crippen molar-refractivity contribution in [3.63, 3.8) is 0 Å². The largest absolute Gasteiger partial charge is 0.327 e. The molecule has 5 heteroatoms. The van der Waals surface area contributed by atoms with Crippen LogP contribution in [0.2, 0.25) is 0 Å². The van der Waals surface area contributed by atoms with Crippen molar-refractivity contribution in [3.05, 3.63) is 48.0 Å². The number of rotatable bonds is 6. The minimum absolute atomic E-state index is 0.781. The van der Waals surface area contributed by atoms with E-state index in [1.165, 1.54) is 11.1 Å². The van der Waals surface area contributed by atoms with Crippen molar-refractivity contribution in [3.8, 4) is 0 Å². The highest BCUT2D eigenvalue weighted by molar-refractivity contribution is 5.75. The van der Waals surface area contributed by atoms with E-state index in [4.69, 9.17) is 4.98 Å². The van der Waals surface area contributed by atoms with E-state index in [-0.39, 0.29) is 0 Å². The van der Waals surface area contributed by atoms with E-state index in [2.05, 4.69) is 53.2 Å². The molecule has 2 aromatic heterocycles. The summed E-state index contributed by atoms with van der Waals surface area (Å²) in [5, 5.41) is 7.74. The maximum atomic E-state index is 4.71. The molecule has 1 aromatic carbocycles. The number of aryl methyl sites for hydroxylation is 2. The number of nitrogens with one attached hydrogen (secondary N) is 1. The van der Waals surface area contributed by atoms with Gasteiger partial charge in [-0.15, -0.1) is 0 Å². The van der Waals surface area contributed by atoms with Crippen molar-refractivity contribution in [2.75, 3.05) is 6.54 Å². The highest BCUT2D eigenvalue weighted by Crippen LogP contribution is 2.15. The minimum atomic E-state index is 0.781. The first-order chi connectivity index (χ1) is 10.3. The Bertz CT molecular complexity index is 725. The Balaban J connectivity index is 1.62. The van der Waals surface area contributed by atoms with E-state index in [1.807, 2.05) is 16.9 Å². The van der Waals surface area contributed by atoms with Crippen LogP contribution in [0.1, 0.15) is 18.3 Å². The van der Waals surface area contributed by atoms with Crippen LogP contribution in [-0.4, -0.2) is 25.9 Å². The van der Waals surface area contributed by atoms with Crippen molar-refractivity contribution in [2.24, 2.45) is 0 Å². The quantitative estimate of drug-likeness (QED) is 0.706. The molecule has 0 fully saturated rings. The van der Waals surface area contributed by atoms with Crippen LogP contribution in [-0.2, 0) is 19.6 Å². The van der Waals surface area contributed by atoms with Crippen molar-refractivity contribution >= 4 is 11.0 Å². The molecule has 21 heavy (non-hydrogen) atoms. The summed E-state index contributed by atoms with van der Waals surface area (Å²) < 4.78 is 4.23. The van der Waals surface area contributed by atoms with Gasteiger partial charge in [0, 0.05) is 19.3 Å². The smallest absolute Gasteiger partial charge is 0.123 e. The molecule has 3 rings (SSSR count). The van der Waals surface area contributed by atoms with Gasteiger partial charge in [0.2, 0.25) is 0 Å². The molecule has 110 valence electrons. The van der Waals surface area contributed by atoms with Crippen molar-refractivity contribution in [1.82, 2.24) is 24.6 Å². The first kappa shape index (κ1) is 13.8. The molecule has 1 N–H and O–H groups in total. The predicted molar refractivity (Wildman–Crippen MR) is 84.1 cm³/mol. The number of imidazole rings is 1. The SMILES string of the molecule is CCn1c(CNCCn2cc(C)cn2)nc2ccccc21. The molecular weight excluding hydrogens is 262 g/mol. The molecule has 2 heterocycles. The molecule has 0 unspecified atom stereocenters. The Morgan fingerprint density at radius 3 is 2.86 bits per heavy atom. The van der Waals surface area contributed by atoms with Gasteiger partial charge in [-0.25, -0.2) is 4.98 Å². The number of benzene rings is 1. The summed E-state index contributed by atoms with van der Waals surface area (Å²) in [5.41, 5.74) is 3.47. The standard InChI is InChI=1S/C16H21N5/c1-3-21-15-7-5-4-6-14(15)19-16(21)11-17-8-9-20-12-13(2)10-18-20/h4-7,10,12,17H,3,8-9,11H2,1-2H3. The van der Waals surface area contributed by atoms with Crippen LogP contribution in [0.3, 0.4) is 0 Å². The minimum Gasteiger partial charge on any atom is -0.327 e. The van der Waals surface area contributed by atoms with Gasteiger partial charge in [-0.05, 0) is 31.5 Å². The van der Waals surface area contributed by atoms with Crippen LogP contribution in [0.4, 0.5) is 0 Å². The first-order valence-electron chi connectivity index (χ1n) is 7.42. The zero-order valence-corrected chi connectivity index (χ0v) is 12.6. The molecule has 0 saturated heterocycles. The van der Waals surface area contributed by atoms with E-state index >= 15 is 0 Å². The summed E-state index contributed by atoms with van der Waals surface area (Å²) in [7, 11) is 0. The molecule has 3 aromatic rings. The Kier molecular flexibility index (Phi) is 4.01. The molecule has 0 bridgehead atoms. The third kappa shape index (κ3) is 2.97. The fourth-order valence-corrected chi connectivity index (χ4v) is 2.60. The van der Waals surface area contributed by atoms with Crippen molar-refractivity contribution < 1.29 is 0 Å². The maximum Gasteiger partial charge on any atom is 0.123 e. The van der Waals surface area contributed by atoms with Crippen LogP contribution in [0.15, 0.2) is 36.7 Å². The van der Waals surface area contributed by atoms with Gasteiger partial charge in [0.05, 0.1) is 30.3 Å². The van der Waals surface area contributed by atoms with E-state index in [0.717, 1.165) is 37.5 Å². The summed E-state index contributed by atoms with van der Waals surface area (Å²) in [6, 6.07) is 8.29. The van der Waals surface area contributed by atoms with E-state index in [9.17, 15) is 0 Å². The lowest BCUT2D eigenvalue weighted by molar-refractivity contribution is 0.539. The Hall–Kier alpha value is -2.14. The fourth-order valence-electron chi connectivity index (χ4n) is 2.60.